The Bertz CT molecular complexity index is 328. The third-order valence-electron chi connectivity index (χ3n) is 3.25. The van der Waals surface area contributed by atoms with E-state index >= 15 is 0 Å². The highest BCUT2D eigenvalue weighted by molar-refractivity contribution is 5.45. The minimum atomic E-state index is 0.541. The van der Waals surface area contributed by atoms with Gasteiger partial charge in [0.1, 0.15) is 5.75 Å². The minimum Gasteiger partial charge on any atom is -0.507 e. The normalized spacial score (nSPS) is 10.7. The molecule has 0 bridgehead atoms. The summed E-state index contributed by atoms with van der Waals surface area (Å²) in [6.45, 7) is 6.39. The largest absolute Gasteiger partial charge is 0.507 e. The fourth-order valence-corrected chi connectivity index (χ4v) is 2.18. The summed E-state index contributed by atoms with van der Waals surface area (Å²) in [7, 11) is 0. The summed E-state index contributed by atoms with van der Waals surface area (Å²) < 4.78 is 0. The van der Waals surface area contributed by atoms with Gasteiger partial charge in [0.15, 0.2) is 0 Å². The van der Waals surface area contributed by atoms with E-state index in [1.165, 1.54) is 31.2 Å². The molecular formula is C15H24O. The fourth-order valence-electron chi connectivity index (χ4n) is 2.18. The Kier molecular flexibility index (Phi) is 5.37. The Hall–Kier alpha value is -0.980. The van der Waals surface area contributed by atoms with Crippen LogP contribution < -0.4 is 0 Å². The second-order valence-corrected chi connectivity index (χ2v) is 4.53. The van der Waals surface area contributed by atoms with E-state index in [0.29, 0.717) is 5.75 Å². The number of hydrogen-bond acceptors (Lipinski definition) is 1. The van der Waals surface area contributed by atoms with Crippen LogP contribution in [0.2, 0.25) is 0 Å². The van der Waals surface area contributed by atoms with Crippen molar-refractivity contribution in [1.29, 1.82) is 0 Å². The molecule has 0 fully saturated rings. The molecule has 0 radical (unpaired) electrons. The molecule has 0 unspecified atom stereocenters. The van der Waals surface area contributed by atoms with Crippen molar-refractivity contribution in [3.8, 4) is 5.75 Å². The molecule has 1 nitrogen and oxygen atoms in total. The van der Waals surface area contributed by atoms with Gasteiger partial charge in [-0.1, -0.05) is 45.2 Å². The molecule has 0 aliphatic carbocycles. The van der Waals surface area contributed by atoms with Crippen LogP contribution in [0.25, 0.3) is 0 Å². The molecule has 1 heteroatoms. The second-order valence-electron chi connectivity index (χ2n) is 4.53. The summed E-state index contributed by atoms with van der Waals surface area (Å²) >= 11 is 0. The third-order valence-corrected chi connectivity index (χ3v) is 3.25. The number of phenols is 1. The van der Waals surface area contributed by atoms with Gasteiger partial charge in [-0.25, -0.2) is 0 Å². The molecule has 1 aromatic carbocycles. The van der Waals surface area contributed by atoms with Crippen LogP contribution in [-0.4, -0.2) is 5.11 Å². The van der Waals surface area contributed by atoms with Crippen LogP contribution in [0.15, 0.2) is 12.1 Å². The molecule has 0 aromatic heterocycles. The van der Waals surface area contributed by atoms with Gasteiger partial charge in [-0.15, -0.1) is 0 Å². The molecule has 1 rings (SSSR count). The van der Waals surface area contributed by atoms with Crippen molar-refractivity contribution in [2.45, 2.75) is 59.3 Å². The van der Waals surface area contributed by atoms with Gasteiger partial charge in [0.2, 0.25) is 0 Å². The molecule has 0 spiro atoms. The van der Waals surface area contributed by atoms with Crippen LogP contribution in [0, 0.1) is 6.92 Å². The molecule has 1 aromatic rings. The zero-order chi connectivity index (χ0) is 12.0. The van der Waals surface area contributed by atoms with E-state index in [-0.39, 0.29) is 0 Å². The molecule has 0 aliphatic rings. The lowest BCUT2D eigenvalue weighted by Crippen LogP contribution is -1.94. The first kappa shape index (κ1) is 13.1. The van der Waals surface area contributed by atoms with Gasteiger partial charge in [0, 0.05) is 0 Å². The van der Waals surface area contributed by atoms with Gasteiger partial charge in [0.25, 0.3) is 0 Å². The van der Waals surface area contributed by atoms with Gasteiger partial charge < -0.3 is 5.11 Å². The molecule has 0 aliphatic heterocycles. The highest BCUT2D eigenvalue weighted by Gasteiger charge is 2.08. The summed E-state index contributed by atoms with van der Waals surface area (Å²) in [5.74, 6) is 0.541. The summed E-state index contributed by atoms with van der Waals surface area (Å²) in [5.41, 5.74) is 3.45. The third kappa shape index (κ3) is 3.26. The summed E-state index contributed by atoms with van der Waals surface area (Å²) in [5, 5.41) is 10.1. The Balaban J connectivity index is 2.66. The van der Waals surface area contributed by atoms with Crippen molar-refractivity contribution in [3.63, 3.8) is 0 Å². The first-order valence-electron chi connectivity index (χ1n) is 6.51. The number of benzene rings is 1. The number of aryl methyl sites for hydroxylation is 2. The zero-order valence-electron chi connectivity index (χ0n) is 10.8. The smallest absolute Gasteiger partial charge is 0.122 e. The number of hydrogen-bond donors (Lipinski definition) is 1. The Morgan fingerprint density at radius 2 is 1.81 bits per heavy atom. The molecular weight excluding hydrogens is 196 g/mol. The molecule has 0 saturated carbocycles. The summed E-state index contributed by atoms with van der Waals surface area (Å²) in [6.07, 6.45) is 6.95. The number of rotatable bonds is 6. The van der Waals surface area contributed by atoms with Crippen LogP contribution in [0.1, 0.15) is 56.2 Å². The predicted molar refractivity (Wildman–Crippen MR) is 70.1 cm³/mol. The maximum absolute atomic E-state index is 10.1. The van der Waals surface area contributed by atoms with Crippen LogP contribution in [-0.2, 0) is 12.8 Å². The van der Waals surface area contributed by atoms with Crippen molar-refractivity contribution < 1.29 is 5.11 Å². The van der Waals surface area contributed by atoms with Crippen LogP contribution in [0.5, 0.6) is 5.75 Å². The average Bonchev–Trinajstić information content (AvgIpc) is 2.28. The zero-order valence-corrected chi connectivity index (χ0v) is 10.8. The van der Waals surface area contributed by atoms with Gasteiger partial charge in [-0.05, 0) is 42.9 Å². The highest BCUT2D eigenvalue weighted by Crippen LogP contribution is 2.27. The van der Waals surface area contributed by atoms with Gasteiger partial charge in [-0.3, -0.25) is 0 Å². The molecule has 0 heterocycles. The second kappa shape index (κ2) is 6.57. The predicted octanol–water partition coefficient (Wildman–Crippen LogP) is 4.39. The van der Waals surface area contributed by atoms with E-state index in [0.717, 1.165) is 24.0 Å². The van der Waals surface area contributed by atoms with E-state index in [9.17, 15) is 5.11 Å². The summed E-state index contributed by atoms with van der Waals surface area (Å²) in [6, 6.07) is 4.21. The van der Waals surface area contributed by atoms with E-state index in [1.807, 2.05) is 0 Å². The van der Waals surface area contributed by atoms with Gasteiger partial charge >= 0.3 is 0 Å². The molecule has 16 heavy (non-hydrogen) atoms. The average molecular weight is 220 g/mol. The molecule has 0 amide bonds. The van der Waals surface area contributed by atoms with E-state index in [1.54, 1.807) is 0 Å². The van der Waals surface area contributed by atoms with Crippen LogP contribution in [0.3, 0.4) is 0 Å². The Morgan fingerprint density at radius 1 is 1.06 bits per heavy atom. The quantitative estimate of drug-likeness (QED) is 0.705. The van der Waals surface area contributed by atoms with Gasteiger partial charge in [0.05, 0.1) is 0 Å². The van der Waals surface area contributed by atoms with E-state index < -0.39 is 0 Å². The first-order chi connectivity index (χ1) is 7.70. The number of aromatic hydroxyl groups is 1. The number of unbranched alkanes of at least 4 members (excludes halogenated alkanes) is 3. The maximum Gasteiger partial charge on any atom is 0.122 e. The standard InChI is InChI=1S/C15H24O/c1-4-6-7-8-9-13-11-10-12(3)14(5-2)15(13)16/h10-11,16H,4-9H2,1-3H3. The van der Waals surface area contributed by atoms with Crippen LogP contribution in [0.4, 0.5) is 0 Å². The lowest BCUT2D eigenvalue weighted by molar-refractivity contribution is 0.459. The van der Waals surface area contributed by atoms with Crippen molar-refractivity contribution in [1.82, 2.24) is 0 Å². The monoisotopic (exact) mass is 220 g/mol. The van der Waals surface area contributed by atoms with E-state index in [4.69, 9.17) is 0 Å². The molecule has 1 N–H and O–H groups in total. The van der Waals surface area contributed by atoms with E-state index in [2.05, 4.69) is 32.9 Å². The minimum absolute atomic E-state index is 0.541. The first-order valence-corrected chi connectivity index (χ1v) is 6.51. The van der Waals surface area contributed by atoms with Crippen molar-refractivity contribution in [2.24, 2.45) is 0 Å². The highest BCUT2D eigenvalue weighted by atomic mass is 16.3. The lowest BCUT2D eigenvalue weighted by atomic mass is 9.97. The molecule has 0 saturated heterocycles. The fraction of sp³-hybridized carbons (Fsp3) is 0.600. The SMILES string of the molecule is CCCCCCc1ccc(C)c(CC)c1O. The van der Waals surface area contributed by atoms with Gasteiger partial charge in [-0.2, -0.15) is 0 Å². The molecule has 90 valence electrons. The van der Waals surface area contributed by atoms with Crippen molar-refractivity contribution >= 4 is 0 Å². The molecule has 0 atom stereocenters. The maximum atomic E-state index is 10.1. The lowest BCUT2D eigenvalue weighted by Gasteiger charge is -2.11. The van der Waals surface area contributed by atoms with Crippen molar-refractivity contribution in [2.75, 3.05) is 0 Å². The number of phenolic OH excluding ortho intramolecular Hbond substituents is 1. The van der Waals surface area contributed by atoms with Crippen molar-refractivity contribution in [3.05, 3.63) is 28.8 Å². The summed E-state index contributed by atoms with van der Waals surface area (Å²) in [4.78, 5) is 0. The Morgan fingerprint density at radius 3 is 2.44 bits per heavy atom. The topological polar surface area (TPSA) is 20.2 Å². The Labute approximate surface area is 99.5 Å². The van der Waals surface area contributed by atoms with Crippen LogP contribution >= 0.6 is 0 Å².